The van der Waals surface area contributed by atoms with Crippen molar-refractivity contribution in [3.8, 4) is 0 Å². The predicted molar refractivity (Wildman–Crippen MR) is 91.1 cm³/mol. The summed E-state index contributed by atoms with van der Waals surface area (Å²) in [4.78, 5) is 2.38. The molecule has 2 N–H and O–H groups in total. The Labute approximate surface area is 132 Å². The van der Waals surface area contributed by atoms with Crippen molar-refractivity contribution in [3.05, 3.63) is 35.5 Å². The number of halogens is 1. The van der Waals surface area contributed by atoms with Gasteiger partial charge in [-0.1, -0.05) is 0 Å². The molecule has 0 bridgehead atoms. The number of benzene rings is 1. The van der Waals surface area contributed by atoms with Crippen LogP contribution in [0.1, 0.15) is 38.7 Å². The highest BCUT2D eigenvalue weighted by molar-refractivity contribution is 5.63. The molecule has 1 aromatic rings. The van der Waals surface area contributed by atoms with Gasteiger partial charge in [-0.05, 0) is 68.6 Å². The summed E-state index contributed by atoms with van der Waals surface area (Å²) in [6.07, 6.45) is 4.59. The molecule has 0 spiro atoms. The normalized spacial score (nSPS) is 23.9. The molecule has 0 aromatic heterocycles. The van der Waals surface area contributed by atoms with E-state index in [-0.39, 0.29) is 0 Å². The molecule has 2 heterocycles. The minimum atomic E-state index is -0.878. The number of rotatable bonds is 4. The zero-order valence-electron chi connectivity index (χ0n) is 13.5. The Balaban J connectivity index is 1.74. The van der Waals surface area contributed by atoms with E-state index in [1.165, 1.54) is 22.5 Å². The van der Waals surface area contributed by atoms with E-state index in [1.807, 2.05) is 6.20 Å². The van der Waals surface area contributed by atoms with Gasteiger partial charge < -0.3 is 15.5 Å². The lowest BCUT2D eigenvalue weighted by molar-refractivity contribution is 0.270. The van der Waals surface area contributed by atoms with E-state index in [0.29, 0.717) is 12.5 Å². The fourth-order valence-corrected chi connectivity index (χ4v) is 3.47. The molecule has 1 aromatic carbocycles. The summed E-state index contributed by atoms with van der Waals surface area (Å²) in [7, 11) is 0. The molecule has 0 aliphatic carbocycles. The van der Waals surface area contributed by atoms with Crippen molar-refractivity contribution < 1.29 is 4.39 Å². The first-order valence-electron chi connectivity index (χ1n) is 8.44. The lowest BCUT2D eigenvalue weighted by Gasteiger charge is -2.32. The zero-order valence-corrected chi connectivity index (χ0v) is 13.5. The number of hydrogen-bond donors (Lipinski definition) is 2. The minimum Gasteiger partial charge on any atom is -0.378 e. The Morgan fingerprint density at radius 2 is 2.00 bits per heavy atom. The van der Waals surface area contributed by atoms with E-state index in [0.717, 1.165) is 32.4 Å². The second-order valence-corrected chi connectivity index (χ2v) is 6.14. The van der Waals surface area contributed by atoms with Crippen LogP contribution in [0.15, 0.2) is 30.0 Å². The molecule has 2 atom stereocenters. The second kappa shape index (κ2) is 6.59. The first kappa shape index (κ1) is 15.2. The van der Waals surface area contributed by atoms with E-state index in [1.54, 1.807) is 0 Å². The number of aryl methyl sites for hydroxylation is 1. The van der Waals surface area contributed by atoms with Crippen LogP contribution < -0.4 is 15.5 Å². The number of fused-ring (bicyclic) bond motifs is 1. The zero-order chi connectivity index (χ0) is 15.5. The third-order valence-corrected chi connectivity index (χ3v) is 4.83. The fourth-order valence-electron chi connectivity index (χ4n) is 3.47. The molecule has 4 heteroatoms. The van der Waals surface area contributed by atoms with Crippen molar-refractivity contribution in [1.29, 1.82) is 0 Å². The minimum absolute atomic E-state index is 0.340. The molecular weight excluding hydrogens is 277 g/mol. The van der Waals surface area contributed by atoms with Crippen molar-refractivity contribution in [2.24, 2.45) is 0 Å². The van der Waals surface area contributed by atoms with Crippen LogP contribution in [0, 0.1) is 0 Å². The molecule has 120 valence electrons. The summed E-state index contributed by atoms with van der Waals surface area (Å²) >= 11 is 0. The molecule has 0 saturated heterocycles. The highest BCUT2D eigenvalue weighted by atomic mass is 19.1. The first-order chi connectivity index (χ1) is 10.7. The van der Waals surface area contributed by atoms with Gasteiger partial charge >= 0.3 is 0 Å². The number of alkyl halides is 1. The second-order valence-electron chi connectivity index (χ2n) is 6.14. The van der Waals surface area contributed by atoms with Crippen LogP contribution in [0.25, 0.3) is 0 Å². The molecule has 3 nitrogen and oxygen atoms in total. The summed E-state index contributed by atoms with van der Waals surface area (Å²) in [5.41, 5.74) is 5.24. The molecule has 0 radical (unpaired) electrons. The van der Waals surface area contributed by atoms with Crippen LogP contribution in [0.2, 0.25) is 0 Å². The van der Waals surface area contributed by atoms with E-state index in [2.05, 4.69) is 47.6 Å². The molecular formula is C18H26FN3. The highest BCUT2D eigenvalue weighted by Gasteiger charge is 2.24. The van der Waals surface area contributed by atoms with Crippen LogP contribution in [0.5, 0.6) is 0 Å². The maximum atomic E-state index is 13.2. The molecule has 22 heavy (non-hydrogen) atoms. The van der Waals surface area contributed by atoms with Gasteiger partial charge in [0.05, 0.1) is 0 Å². The average molecular weight is 303 g/mol. The van der Waals surface area contributed by atoms with Crippen LogP contribution in [-0.2, 0) is 6.42 Å². The number of nitrogens with one attached hydrogen (secondary N) is 2. The molecule has 3 rings (SSSR count). The van der Waals surface area contributed by atoms with Crippen molar-refractivity contribution in [2.75, 3.05) is 23.3 Å². The quantitative estimate of drug-likeness (QED) is 0.828. The Hall–Kier alpha value is -1.71. The van der Waals surface area contributed by atoms with E-state index >= 15 is 0 Å². The van der Waals surface area contributed by atoms with Gasteiger partial charge in [-0.3, -0.25) is 0 Å². The monoisotopic (exact) mass is 303 g/mol. The largest absolute Gasteiger partial charge is 0.378 e. The van der Waals surface area contributed by atoms with Crippen molar-refractivity contribution in [1.82, 2.24) is 5.32 Å². The molecule has 2 aliphatic heterocycles. The van der Waals surface area contributed by atoms with E-state index < -0.39 is 6.30 Å². The van der Waals surface area contributed by atoms with Gasteiger partial charge in [0.15, 0.2) is 6.30 Å². The van der Waals surface area contributed by atoms with Gasteiger partial charge in [0, 0.05) is 36.9 Å². The fraction of sp³-hybridized carbons (Fsp3) is 0.556. The molecule has 0 saturated carbocycles. The van der Waals surface area contributed by atoms with Gasteiger partial charge in [0.2, 0.25) is 0 Å². The lowest BCUT2D eigenvalue weighted by atomic mass is 9.90. The third-order valence-electron chi connectivity index (χ3n) is 4.83. The topological polar surface area (TPSA) is 27.3 Å². The summed E-state index contributed by atoms with van der Waals surface area (Å²) in [6.45, 7) is 6.46. The summed E-state index contributed by atoms with van der Waals surface area (Å²) < 4.78 is 13.2. The Bertz CT molecular complexity index is 551. The number of hydrogen-bond acceptors (Lipinski definition) is 3. The van der Waals surface area contributed by atoms with Crippen molar-refractivity contribution in [2.45, 2.75) is 51.9 Å². The molecule has 0 fully saturated rings. The van der Waals surface area contributed by atoms with Gasteiger partial charge in [0.1, 0.15) is 0 Å². The molecule has 0 amide bonds. The molecule has 2 unspecified atom stereocenters. The lowest BCUT2D eigenvalue weighted by Crippen LogP contribution is -2.33. The summed E-state index contributed by atoms with van der Waals surface area (Å²) in [5, 5.41) is 6.45. The number of nitrogens with zero attached hydrogens (tertiary/aromatic N) is 1. The van der Waals surface area contributed by atoms with Crippen LogP contribution in [0.4, 0.5) is 15.8 Å². The third kappa shape index (κ3) is 3.06. The Morgan fingerprint density at radius 3 is 2.68 bits per heavy atom. The number of anilines is 2. The van der Waals surface area contributed by atoms with E-state index in [4.69, 9.17) is 0 Å². The maximum absolute atomic E-state index is 13.2. The van der Waals surface area contributed by atoms with Crippen LogP contribution in [0.3, 0.4) is 0 Å². The predicted octanol–water partition coefficient (Wildman–Crippen LogP) is 3.82. The maximum Gasteiger partial charge on any atom is 0.169 e. The van der Waals surface area contributed by atoms with Crippen molar-refractivity contribution >= 4 is 11.4 Å². The first-order valence-corrected chi connectivity index (χ1v) is 8.44. The van der Waals surface area contributed by atoms with Crippen molar-refractivity contribution in [3.63, 3.8) is 0 Å². The SMILES string of the molecule is CCN(CC)c1ccc2c(c1)CCC(C1=CNC(F)CC1)N2. The Morgan fingerprint density at radius 1 is 1.18 bits per heavy atom. The highest BCUT2D eigenvalue weighted by Crippen LogP contribution is 2.32. The standard InChI is InChI=1S/C18H26FN3/c1-3-22(4-2)15-7-9-16-13(11-15)5-8-17(21-16)14-6-10-18(19)20-12-14/h7,9,11-12,17-18,20-21H,3-6,8,10H2,1-2H3. The van der Waals surface area contributed by atoms with Gasteiger partial charge in [-0.2, -0.15) is 0 Å². The van der Waals surface area contributed by atoms with E-state index in [9.17, 15) is 4.39 Å². The van der Waals surface area contributed by atoms with Gasteiger partial charge in [0.25, 0.3) is 0 Å². The summed E-state index contributed by atoms with van der Waals surface area (Å²) in [5.74, 6) is 0. The Kier molecular flexibility index (Phi) is 4.55. The average Bonchev–Trinajstić information content (AvgIpc) is 2.56. The summed E-state index contributed by atoms with van der Waals surface area (Å²) in [6, 6.07) is 7.05. The van der Waals surface area contributed by atoms with Crippen LogP contribution in [-0.4, -0.2) is 25.4 Å². The van der Waals surface area contributed by atoms with Gasteiger partial charge in [-0.15, -0.1) is 0 Å². The van der Waals surface area contributed by atoms with Crippen LogP contribution >= 0.6 is 0 Å². The molecule has 2 aliphatic rings. The van der Waals surface area contributed by atoms with Gasteiger partial charge in [-0.25, -0.2) is 4.39 Å². The smallest absolute Gasteiger partial charge is 0.169 e.